The van der Waals surface area contributed by atoms with Gasteiger partial charge in [0.25, 0.3) is 5.91 Å². The van der Waals surface area contributed by atoms with E-state index in [1.165, 1.54) is 0 Å². The highest BCUT2D eigenvalue weighted by atomic mass is 32.1. The van der Waals surface area contributed by atoms with Crippen molar-refractivity contribution in [1.82, 2.24) is 19.8 Å². The Morgan fingerprint density at radius 3 is 2.88 bits per heavy atom. The predicted octanol–water partition coefficient (Wildman–Crippen LogP) is 1.19. The van der Waals surface area contributed by atoms with Gasteiger partial charge in [0, 0.05) is 18.0 Å². The van der Waals surface area contributed by atoms with Gasteiger partial charge in [0.2, 0.25) is 12.7 Å². The highest BCUT2D eigenvalue weighted by Crippen LogP contribution is 2.32. The zero-order chi connectivity index (χ0) is 17.2. The van der Waals surface area contributed by atoms with Crippen molar-refractivity contribution in [3.63, 3.8) is 0 Å². The minimum absolute atomic E-state index is 0.0194. The first-order valence-electron chi connectivity index (χ1n) is 7.94. The normalized spacial score (nSPS) is 15.0. The number of carbonyl (C=O) groups excluding carboxylic acids is 2. The van der Waals surface area contributed by atoms with E-state index >= 15 is 0 Å². The Kier molecular flexibility index (Phi) is 4.22. The van der Waals surface area contributed by atoms with Crippen molar-refractivity contribution in [1.29, 1.82) is 0 Å². The summed E-state index contributed by atoms with van der Waals surface area (Å²) in [5.41, 5.74) is 1.20. The van der Waals surface area contributed by atoms with E-state index in [4.69, 9.17) is 9.47 Å². The van der Waals surface area contributed by atoms with E-state index in [9.17, 15) is 9.59 Å². The van der Waals surface area contributed by atoms with Crippen molar-refractivity contribution in [2.45, 2.75) is 25.4 Å². The standard InChI is InChI=1S/C16H16N4O4S/c21-15(17-6-10-1-4-13-14(5-10)24-9-23-13)7-20(11-2-3-11)16(22)12-8-25-19-18-12/h1,4-5,8,11H,2-3,6-7,9H2,(H,17,21). The third kappa shape index (κ3) is 3.55. The number of amides is 2. The van der Waals surface area contributed by atoms with Gasteiger partial charge in [-0.2, -0.15) is 0 Å². The quantitative estimate of drug-likeness (QED) is 0.832. The summed E-state index contributed by atoms with van der Waals surface area (Å²) in [6, 6.07) is 5.65. The summed E-state index contributed by atoms with van der Waals surface area (Å²) in [6.07, 6.45) is 1.83. The first kappa shape index (κ1) is 15.8. The van der Waals surface area contributed by atoms with Crippen molar-refractivity contribution in [2.24, 2.45) is 0 Å². The van der Waals surface area contributed by atoms with Crippen LogP contribution in [-0.2, 0) is 11.3 Å². The Morgan fingerprint density at radius 1 is 1.28 bits per heavy atom. The number of hydrogen-bond donors (Lipinski definition) is 1. The Hall–Kier alpha value is -2.68. The highest BCUT2D eigenvalue weighted by Gasteiger charge is 2.35. The number of rotatable bonds is 6. The summed E-state index contributed by atoms with van der Waals surface area (Å²) in [5.74, 6) is 0.936. The van der Waals surface area contributed by atoms with Crippen molar-refractivity contribution in [3.8, 4) is 11.5 Å². The van der Waals surface area contributed by atoms with Gasteiger partial charge < -0.3 is 19.7 Å². The lowest BCUT2D eigenvalue weighted by Crippen LogP contribution is -2.42. The molecular weight excluding hydrogens is 344 g/mol. The molecule has 2 heterocycles. The molecule has 0 unspecified atom stereocenters. The van der Waals surface area contributed by atoms with Crippen LogP contribution in [-0.4, -0.2) is 45.7 Å². The second kappa shape index (κ2) is 6.67. The fourth-order valence-electron chi connectivity index (χ4n) is 2.62. The number of ether oxygens (including phenoxy) is 2. The van der Waals surface area contributed by atoms with Gasteiger partial charge in [0.1, 0.15) is 6.54 Å². The number of aromatic nitrogens is 2. The SMILES string of the molecule is O=C(CN(C(=O)c1csnn1)C1CC1)NCc1ccc2c(c1)OCO2. The first-order chi connectivity index (χ1) is 12.2. The van der Waals surface area contributed by atoms with Gasteiger partial charge in [-0.3, -0.25) is 9.59 Å². The fraction of sp³-hybridized carbons (Fsp3) is 0.375. The molecule has 9 heteroatoms. The molecule has 8 nitrogen and oxygen atoms in total. The Balaban J connectivity index is 1.35. The molecule has 1 fully saturated rings. The Morgan fingerprint density at radius 2 is 2.12 bits per heavy atom. The van der Waals surface area contributed by atoms with Crippen LogP contribution in [0.4, 0.5) is 0 Å². The second-order valence-electron chi connectivity index (χ2n) is 5.92. The molecule has 0 spiro atoms. The molecule has 2 amide bonds. The number of fused-ring (bicyclic) bond motifs is 1. The highest BCUT2D eigenvalue weighted by molar-refractivity contribution is 7.03. The number of hydrogen-bond acceptors (Lipinski definition) is 7. The monoisotopic (exact) mass is 360 g/mol. The van der Waals surface area contributed by atoms with Crippen LogP contribution in [0.2, 0.25) is 0 Å². The fourth-order valence-corrected chi connectivity index (χ4v) is 3.05. The molecule has 2 aliphatic rings. The molecule has 0 atom stereocenters. The van der Waals surface area contributed by atoms with Gasteiger partial charge in [-0.05, 0) is 42.1 Å². The van der Waals surface area contributed by atoms with E-state index in [1.54, 1.807) is 10.3 Å². The molecule has 130 valence electrons. The van der Waals surface area contributed by atoms with Crippen LogP contribution in [0.5, 0.6) is 11.5 Å². The molecule has 1 aliphatic heterocycles. The van der Waals surface area contributed by atoms with Crippen LogP contribution in [0.1, 0.15) is 28.9 Å². The van der Waals surface area contributed by atoms with Gasteiger partial charge in [-0.1, -0.05) is 10.6 Å². The summed E-state index contributed by atoms with van der Waals surface area (Å²) in [7, 11) is 0. The Labute approximate surface area is 147 Å². The van der Waals surface area contributed by atoms with E-state index in [1.807, 2.05) is 18.2 Å². The minimum Gasteiger partial charge on any atom is -0.454 e. The van der Waals surface area contributed by atoms with Gasteiger partial charge in [0.05, 0.1) is 0 Å². The van der Waals surface area contributed by atoms with Crippen LogP contribution < -0.4 is 14.8 Å². The third-order valence-corrected chi connectivity index (χ3v) is 4.57. The zero-order valence-electron chi connectivity index (χ0n) is 13.3. The summed E-state index contributed by atoms with van der Waals surface area (Å²) < 4.78 is 14.3. The molecule has 0 bridgehead atoms. The van der Waals surface area contributed by atoms with Crippen molar-refractivity contribution in [2.75, 3.05) is 13.3 Å². The van der Waals surface area contributed by atoms with Gasteiger partial charge in [-0.15, -0.1) is 5.10 Å². The number of nitrogens with zero attached hydrogens (tertiary/aromatic N) is 3. The number of carbonyl (C=O) groups is 2. The molecule has 25 heavy (non-hydrogen) atoms. The Bertz CT molecular complexity index is 791. The lowest BCUT2D eigenvalue weighted by atomic mass is 10.2. The maximum absolute atomic E-state index is 12.4. The van der Waals surface area contributed by atoms with Crippen molar-refractivity contribution in [3.05, 3.63) is 34.8 Å². The molecule has 1 saturated carbocycles. The first-order valence-corrected chi connectivity index (χ1v) is 8.77. The third-order valence-electron chi connectivity index (χ3n) is 4.07. The average molecular weight is 360 g/mol. The van der Waals surface area contributed by atoms with E-state index in [0.29, 0.717) is 23.7 Å². The van der Waals surface area contributed by atoms with Crippen LogP contribution in [0, 0.1) is 0 Å². The molecule has 0 radical (unpaired) electrons. The van der Waals surface area contributed by atoms with Crippen LogP contribution in [0.25, 0.3) is 0 Å². The summed E-state index contributed by atoms with van der Waals surface area (Å²) in [5, 5.41) is 8.24. The van der Waals surface area contributed by atoms with E-state index in [2.05, 4.69) is 14.9 Å². The van der Waals surface area contributed by atoms with Crippen LogP contribution in [0.3, 0.4) is 0 Å². The van der Waals surface area contributed by atoms with Gasteiger partial charge >= 0.3 is 0 Å². The molecule has 4 rings (SSSR count). The van der Waals surface area contributed by atoms with E-state index in [0.717, 1.165) is 29.9 Å². The molecule has 1 aliphatic carbocycles. The van der Waals surface area contributed by atoms with Crippen molar-refractivity contribution < 1.29 is 19.1 Å². The maximum atomic E-state index is 12.4. The van der Waals surface area contributed by atoms with Gasteiger partial charge in [-0.25, -0.2) is 0 Å². The number of nitrogens with one attached hydrogen (secondary N) is 1. The lowest BCUT2D eigenvalue weighted by Gasteiger charge is -2.20. The lowest BCUT2D eigenvalue weighted by molar-refractivity contribution is -0.122. The van der Waals surface area contributed by atoms with Crippen molar-refractivity contribution >= 4 is 23.3 Å². The molecule has 0 saturated heterocycles. The zero-order valence-corrected chi connectivity index (χ0v) is 14.1. The average Bonchev–Trinajstić information content (AvgIpc) is 3.12. The molecule has 1 N–H and O–H groups in total. The smallest absolute Gasteiger partial charge is 0.276 e. The van der Waals surface area contributed by atoms with Gasteiger partial charge in [0.15, 0.2) is 17.2 Å². The summed E-state index contributed by atoms with van der Waals surface area (Å²) in [6.45, 7) is 0.598. The summed E-state index contributed by atoms with van der Waals surface area (Å²) >= 11 is 1.12. The maximum Gasteiger partial charge on any atom is 0.276 e. The predicted molar refractivity (Wildman–Crippen MR) is 88.4 cm³/mol. The second-order valence-corrected chi connectivity index (χ2v) is 6.53. The summed E-state index contributed by atoms with van der Waals surface area (Å²) in [4.78, 5) is 26.3. The topological polar surface area (TPSA) is 93.7 Å². The van der Waals surface area contributed by atoms with E-state index < -0.39 is 0 Å². The molecular formula is C16H16N4O4S. The molecule has 2 aromatic rings. The molecule has 1 aromatic heterocycles. The largest absolute Gasteiger partial charge is 0.454 e. The minimum atomic E-state index is -0.241. The number of benzene rings is 1. The van der Waals surface area contributed by atoms with Crippen LogP contribution in [0.15, 0.2) is 23.6 Å². The van der Waals surface area contributed by atoms with Crippen LogP contribution >= 0.6 is 11.5 Å². The van der Waals surface area contributed by atoms with E-state index in [-0.39, 0.29) is 31.2 Å². The molecule has 1 aromatic carbocycles.